The molecule has 1 aromatic carbocycles. The Morgan fingerprint density at radius 3 is 2.76 bits per heavy atom. The monoisotopic (exact) mass is 236 g/mol. The third kappa shape index (κ3) is 4.15. The lowest BCUT2D eigenvalue weighted by molar-refractivity contribution is -0.384. The molecule has 1 aromatic rings. The van der Waals surface area contributed by atoms with Gasteiger partial charge in [-0.1, -0.05) is 32.4 Å². The fourth-order valence-electron chi connectivity index (χ4n) is 1.81. The first-order chi connectivity index (χ1) is 8.19. The first-order valence-electron chi connectivity index (χ1n) is 6.16. The summed E-state index contributed by atoms with van der Waals surface area (Å²) in [5, 5.41) is 14.1. The number of hydrogen-bond donors (Lipinski definition) is 1. The molecule has 4 heteroatoms. The van der Waals surface area contributed by atoms with E-state index in [0.717, 1.165) is 31.4 Å². The van der Waals surface area contributed by atoms with E-state index >= 15 is 0 Å². The van der Waals surface area contributed by atoms with Crippen molar-refractivity contribution < 1.29 is 4.92 Å². The Kier molecular flexibility index (Phi) is 5.63. The summed E-state index contributed by atoms with van der Waals surface area (Å²) in [5.74, 6) is 0. The molecule has 0 heterocycles. The minimum atomic E-state index is -0.345. The molecule has 1 unspecified atom stereocenters. The van der Waals surface area contributed by atoms with Crippen LogP contribution >= 0.6 is 0 Å². The molecule has 0 radical (unpaired) electrons. The number of non-ortho nitro benzene ring substituents is 1. The summed E-state index contributed by atoms with van der Waals surface area (Å²) >= 11 is 0. The Morgan fingerprint density at radius 2 is 2.18 bits per heavy atom. The van der Waals surface area contributed by atoms with Crippen LogP contribution in [0.1, 0.15) is 44.7 Å². The first kappa shape index (κ1) is 13.6. The number of hydrogen-bond acceptors (Lipinski definition) is 3. The van der Waals surface area contributed by atoms with Gasteiger partial charge in [-0.15, -0.1) is 0 Å². The fourth-order valence-corrected chi connectivity index (χ4v) is 1.81. The quantitative estimate of drug-likeness (QED) is 0.448. The summed E-state index contributed by atoms with van der Waals surface area (Å²) < 4.78 is 0. The van der Waals surface area contributed by atoms with Crippen LogP contribution in [0, 0.1) is 10.1 Å². The van der Waals surface area contributed by atoms with Crippen molar-refractivity contribution in [3.63, 3.8) is 0 Å². The Balaban J connectivity index is 2.73. The third-order valence-electron chi connectivity index (χ3n) is 2.81. The van der Waals surface area contributed by atoms with Crippen LogP contribution in [0.5, 0.6) is 0 Å². The van der Waals surface area contributed by atoms with E-state index < -0.39 is 0 Å². The molecular formula is C13H20N2O2. The van der Waals surface area contributed by atoms with Crippen molar-refractivity contribution in [3.8, 4) is 0 Å². The van der Waals surface area contributed by atoms with Gasteiger partial charge in [0.2, 0.25) is 0 Å². The molecule has 0 spiro atoms. The van der Waals surface area contributed by atoms with Gasteiger partial charge in [0.05, 0.1) is 4.92 Å². The van der Waals surface area contributed by atoms with Crippen LogP contribution in [0.25, 0.3) is 0 Å². The molecular weight excluding hydrogens is 216 g/mol. The van der Waals surface area contributed by atoms with Gasteiger partial charge >= 0.3 is 0 Å². The minimum absolute atomic E-state index is 0.165. The second kappa shape index (κ2) is 7.01. The Morgan fingerprint density at radius 1 is 1.41 bits per heavy atom. The lowest BCUT2D eigenvalue weighted by Crippen LogP contribution is -2.21. The fraction of sp³-hybridized carbons (Fsp3) is 0.538. The van der Waals surface area contributed by atoms with Crippen molar-refractivity contribution in [1.82, 2.24) is 5.32 Å². The molecule has 1 rings (SSSR count). The third-order valence-corrected chi connectivity index (χ3v) is 2.81. The van der Waals surface area contributed by atoms with Crippen molar-refractivity contribution in [2.45, 2.75) is 39.2 Å². The number of nitro benzene ring substituents is 1. The number of rotatable bonds is 7. The van der Waals surface area contributed by atoms with Crippen molar-refractivity contribution in [3.05, 3.63) is 39.9 Å². The molecule has 0 aromatic heterocycles. The van der Waals surface area contributed by atoms with E-state index in [4.69, 9.17) is 0 Å². The molecule has 4 nitrogen and oxygen atoms in total. The second-order valence-corrected chi connectivity index (χ2v) is 4.12. The van der Waals surface area contributed by atoms with Crippen molar-refractivity contribution in [2.75, 3.05) is 6.54 Å². The highest BCUT2D eigenvalue weighted by Crippen LogP contribution is 2.21. The summed E-state index contributed by atoms with van der Waals surface area (Å²) in [6.45, 7) is 5.19. The lowest BCUT2D eigenvalue weighted by Gasteiger charge is -2.17. The van der Waals surface area contributed by atoms with E-state index in [-0.39, 0.29) is 16.7 Å². The highest BCUT2D eigenvalue weighted by molar-refractivity contribution is 5.35. The molecule has 1 atom stereocenters. The SMILES string of the molecule is CCCCNC(CC)c1cccc([N+](=O)[O-])c1. The Hall–Kier alpha value is -1.42. The predicted octanol–water partition coefficient (Wildman–Crippen LogP) is 3.44. The van der Waals surface area contributed by atoms with E-state index in [0.29, 0.717) is 0 Å². The van der Waals surface area contributed by atoms with E-state index in [1.54, 1.807) is 12.1 Å². The largest absolute Gasteiger partial charge is 0.310 e. The highest BCUT2D eigenvalue weighted by Gasteiger charge is 2.12. The zero-order valence-corrected chi connectivity index (χ0v) is 10.5. The number of nitrogens with zero attached hydrogens (tertiary/aromatic N) is 1. The van der Waals surface area contributed by atoms with Gasteiger partial charge < -0.3 is 5.32 Å². The molecule has 0 bridgehead atoms. The molecule has 0 aliphatic carbocycles. The molecule has 17 heavy (non-hydrogen) atoms. The van der Waals surface area contributed by atoms with Crippen LogP contribution in [0.15, 0.2) is 24.3 Å². The maximum absolute atomic E-state index is 10.7. The van der Waals surface area contributed by atoms with Crippen LogP contribution in [-0.4, -0.2) is 11.5 Å². The normalized spacial score (nSPS) is 12.4. The summed E-state index contributed by atoms with van der Waals surface area (Å²) in [4.78, 5) is 10.4. The van der Waals surface area contributed by atoms with Crippen LogP contribution in [0.4, 0.5) is 5.69 Å². The summed E-state index contributed by atoms with van der Waals surface area (Å²) in [6.07, 6.45) is 3.22. The standard InChI is InChI=1S/C13H20N2O2/c1-3-5-9-14-13(4-2)11-7-6-8-12(10-11)15(16)17/h6-8,10,13-14H,3-5,9H2,1-2H3. The van der Waals surface area contributed by atoms with Gasteiger partial charge in [0.1, 0.15) is 0 Å². The zero-order valence-electron chi connectivity index (χ0n) is 10.5. The zero-order chi connectivity index (χ0) is 12.7. The summed E-state index contributed by atoms with van der Waals surface area (Å²) in [6, 6.07) is 7.09. The Labute approximate surface area is 102 Å². The van der Waals surface area contributed by atoms with Crippen LogP contribution in [-0.2, 0) is 0 Å². The molecule has 0 saturated heterocycles. The van der Waals surface area contributed by atoms with E-state index in [1.807, 2.05) is 6.07 Å². The molecule has 0 fully saturated rings. The molecule has 0 amide bonds. The number of unbranched alkanes of at least 4 members (excludes halogenated alkanes) is 1. The van der Waals surface area contributed by atoms with Crippen molar-refractivity contribution in [1.29, 1.82) is 0 Å². The summed E-state index contributed by atoms with van der Waals surface area (Å²) in [7, 11) is 0. The van der Waals surface area contributed by atoms with Crippen LogP contribution in [0.2, 0.25) is 0 Å². The van der Waals surface area contributed by atoms with E-state index in [2.05, 4.69) is 19.2 Å². The van der Waals surface area contributed by atoms with Gasteiger partial charge in [-0.3, -0.25) is 10.1 Å². The van der Waals surface area contributed by atoms with Gasteiger partial charge in [0, 0.05) is 18.2 Å². The maximum Gasteiger partial charge on any atom is 0.269 e. The number of nitro groups is 1. The van der Waals surface area contributed by atoms with Crippen LogP contribution in [0.3, 0.4) is 0 Å². The number of benzene rings is 1. The van der Waals surface area contributed by atoms with Gasteiger partial charge in [-0.25, -0.2) is 0 Å². The maximum atomic E-state index is 10.7. The highest BCUT2D eigenvalue weighted by atomic mass is 16.6. The van der Waals surface area contributed by atoms with E-state index in [1.165, 1.54) is 6.07 Å². The molecule has 1 N–H and O–H groups in total. The predicted molar refractivity (Wildman–Crippen MR) is 69.0 cm³/mol. The lowest BCUT2D eigenvalue weighted by atomic mass is 10.0. The van der Waals surface area contributed by atoms with Crippen molar-refractivity contribution >= 4 is 5.69 Å². The molecule has 0 aliphatic rings. The Bertz CT molecular complexity index is 366. The van der Waals surface area contributed by atoms with Gasteiger partial charge in [-0.2, -0.15) is 0 Å². The van der Waals surface area contributed by atoms with Gasteiger partial charge in [-0.05, 0) is 24.9 Å². The van der Waals surface area contributed by atoms with Crippen LogP contribution < -0.4 is 5.32 Å². The topological polar surface area (TPSA) is 55.2 Å². The molecule has 0 aliphatic heterocycles. The minimum Gasteiger partial charge on any atom is -0.310 e. The molecule has 94 valence electrons. The average Bonchev–Trinajstić information content (AvgIpc) is 2.35. The summed E-state index contributed by atoms with van der Waals surface area (Å²) in [5.41, 5.74) is 1.16. The van der Waals surface area contributed by atoms with Gasteiger partial charge in [0.15, 0.2) is 0 Å². The average molecular weight is 236 g/mol. The smallest absolute Gasteiger partial charge is 0.269 e. The van der Waals surface area contributed by atoms with Crippen molar-refractivity contribution in [2.24, 2.45) is 0 Å². The van der Waals surface area contributed by atoms with E-state index in [9.17, 15) is 10.1 Å². The molecule has 0 saturated carbocycles. The van der Waals surface area contributed by atoms with Gasteiger partial charge in [0.25, 0.3) is 5.69 Å². The first-order valence-corrected chi connectivity index (χ1v) is 6.16. The number of nitrogens with one attached hydrogen (secondary N) is 1. The second-order valence-electron chi connectivity index (χ2n) is 4.12.